The van der Waals surface area contributed by atoms with Crippen LogP contribution in [-0.4, -0.2) is 35.8 Å². The van der Waals surface area contributed by atoms with Crippen molar-refractivity contribution in [1.29, 1.82) is 0 Å². The average molecular weight is 421 g/mol. The highest BCUT2D eigenvalue weighted by molar-refractivity contribution is 9.10. The first-order chi connectivity index (χ1) is 12.3. The molecule has 1 aromatic heterocycles. The Labute approximate surface area is 160 Å². The molecular formula is C19H21BrN2O2S. The molecule has 6 heteroatoms. The fourth-order valence-electron chi connectivity index (χ4n) is 2.57. The third kappa shape index (κ3) is 5.01. The summed E-state index contributed by atoms with van der Waals surface area (Å²) < 4.78 is 12.7. The molecule has 0 fully saturated rings. The fraction of sp³-hybridized carbons (Fsp3) is 0.316. The largest absolute Gasteiger partial charge is 0.494 e. The Balaban J connectivity index is 1.59. The molecule has 2 aromatic carbocycles. The standard InChI is InChI=1S/C19H21BrN2O2S/c20-15-5-3-14(4-6-15)19-17-8-7-16(13-18(17)25-22-19)24-12-2-1-9-21-10-11-23/h3-8,13,21,23H,1-2,9-12H2. The highest BCUT2D eigenvalue weighted by atomic mass is 79.9. The second-order valence-corrected chi connectivity index (χ2v) is 7.45. The lowest BCUT2D eigenvalue weighted by Gasteiger charge is -2.07. The molecule has 0 unspecified atom stereocenters. The molecule has 0 spiro atoms. The number of nitrogens with one attached hydrogen (secondary N) is 1. The van der Waals surface area contributed by atoms with Crippen LogP contribution in [0.1, 0.15) is 12.8 Å². The van der Waals surface area contributed by atoms with Crippen molar-refractivity contribution >= 4 is 37.5 Å². The first-order valence-electron chi connectivity index (χ1n) is 8.37. The first-order valence-corrected chi connectivity index (χ1v) is 9.94. The maximum Gasteiger partial charge on any atom is 0.120 e. The van der Waals surface area contributed by atoms with Gasteiger partial charge in [0.25, 0.3) is 0 Å². The lowest BCUT2D eigenvalue weighted by Crippen LogP contribution is -2.19. The maximum absolute atomic E-state index is 8.70. The molecule has 0 atom stereocenters. The van der Waals surface area contributed by atoms with Gasteiger partial charge in [0.1, 0.15) is 5.75 Å². The number of rotatable bonds is 9. The third-order valence-corrected chi connectivity index (χ3v) is 5.20. The Morgan fingerprint density at radius 1 is 1.08 bits per heavy atom. The van der Waals surface area contributed by atoms with Crippen molar-refractivity contribution in [3.63, 3.8) is 0 Å². The van der Waals surface area contributed by atoms with Gasteiger partial charge < -0.3 is 15.2 Å². The van der Waals surface area contributed by atoms with Crippen molar-refractivity contribution in [2.45, 2.75) is 12.8 Å². The van der Waals surface area contributed by atoms with Crippen LogP contribution in [-0.2, 0) is 0 Å². The Morgan fingerprint density at radius 2 is 1.92 bits per heavy atom. The van der Waals surface area contributed by atoms with Crippen LogP contribution in [0.4, 0.5) is 0 Å². The molecule has 0 saturated heterocycles. The molecule has 0 aliphatic rings. The summed E-state index contributed by atoms with van der Waals surface area (Å²) in [5.74, 6) is 0.891. The molecule has 2 N–H and O–H groups in total. The molecule has 0 aliphatic carbocycles. The minimum absolute atomic E-state index is 0.188. The van der Waals surface area contributed by atoms with Gasteiger partial charge in [0.05, 0.1) is 23.6 Å². The summed E-state index contributed by atoms with van der Waals surface area (Å²) in [5.41, 5.74) is 2.15. The van der Waals surface area contributed by atoms with E-state index in [1.54, 1.807) is 0 Å². The Morgan fingerprint density at radius 3 is 2.72 bits per heavy atom. The molecule has 0 aliphatic heterocycles. The monoisotopic (exact) mass is 420 g/mol. The molecule has 0 radical (unpaired) electrons. The van der Waals surface area contributed by atoms with E-state index in [1.165, 1.54) is 11.5 Å². The smallest absolute Gasteiger partial charge is 0.120 e. The number of aliphatic hydroxyl groups excluding tert-OH is 1. The van der Waals surface area contributed by atoms with E-state index < -0.39 is 0 Å². The number of hydrogen-bond acceptors (Lipinski definition) is 5. The predicted octanol–water partition coefficient (Wildman–Crippen LogP) is 4.47. The molecule has 4 nitrogen and oxygen atoms in total. The van der Waals surface area contributed by atoms with Gasteiger partial charge in [-0.2, -0.15) is 4.37 Å². The lowest BCUT2D eigenvalue weighted by molar-refractivity contribution is 0.286. The highest BCUT2D eigenvalue weighted by Crippen LogP contribution is 2.33. The van der Waals surface area contributed by atoms with Crippen molar-refractivity contribution in [3.8, 4) is 17.0 Å². The van der Waals surface area contributed by atoms with Crippen molar-refractivity contribution in [2.75, 3.05) is 26.3 Å². The topological polar surface area (TPSA) is 54.4 Å². The number of nitrogens with zero attached hydrogens (tertiary/aromatic N) is 1. The number of aliphatic hydroxyl groups is 1. The van der Waals surface area contributed by atoms with Gasteiger partial charge in [0.2, 0.25) is 0 Å². The van der Waals surface area contributed by atoms with Gasteiger partial charge in [-0.15, -0.1) is 0 Å². The van der Waals surface area contributed by atoms with E-state index in [-0.39, 0.29) is 6.61 Å². The van der Waals surface area contributed by atoms with Crippen LogP contribution in [0.5, 0.6) is 5.75 Å². The SMILES string of the molecule is OCCNCCCCOc1ccc2c(-c3ccc(Br)cc3)nsc2c1. The number of benzene rings is 2. The van der Waals surface area contributed by atoms with Crippen LogP contribution < -0.4 is 10.1 Å². The summed E-state index contributed by atoms with van der Waals surface area (Å²) in [5, 5.41) is 13.0. The van der Waals surface area contributed by atoms with Crippen LogP contribution in [0.3, 0.4) is 0 Å². The van der Waals surface area contributed by atoms with Gasteiger partial charge >= 0.3 is 0 Å². The quantitative estimate of drug-likeness (QED) is 0.501. The fourth-order valence-corrected chi connectivity index (χ4v) is 3.66. The van der Waals surface area contributed by atoms with E-state index in [9.17, 15) is 0 Å². The summed E-state index contributed by atoms with van der Waals surface area (Å²) in [4.78, 5) is 0. The zero-order valence-electron chi connectivity index (χ0n) is 13.9. The summed E-state index contributed by atoms with van der Waals surface area (Å²) in [7, 11) is 0. The van der Waals surface area contributed by atoms with Crippen molar-refractivity contribution in [2.24, 2.45) is 0 Å². The lowest BCUT2D eigenvalue weighted by atomic mass is 10.1. The van der Waals surface area contributed by atoms with E-state index in [2.05, 4.69) is 49.9 Å². The summed E-state index contributed by atoms with van der Waals surface area (Å²) in [6, 6.07) is 14.4. The second-order valence-electron chi connectivity index (χ2n) is 5.73. The number of ether oxygens (including phenoxy) is 1. The Bertz CT molecular complexity index is 805. The zero-order valence-corrected chi connectivity index (χ0v) is 16.3. The zero-order chi connectivity index (χ0) is 17.5. The number of hydrogen-bond donors (Lipinski definition) is 2. The Hall–Kier alpha value is -1.47. The Kier molecular flexibility index (Phi) is 6.81. The predicted molar refractivity (Wildman–Crippen MR) is 107 cm³/mol. The van der Waals surface area contributed by atoms with Crippen LogP contribution in [0, 0.1) is 0 Å². The summed E-state index contributed by atoms with van der Waals surface area (Å²) >= 11 is 4.97. The molecular weight excluding hydrogens is 400 g/mol. The van der Waals surface area contributed by atoms with Gasteiger partial charge in [0, 0.05) is 22.0 Å². The average Bonchev–Trinajstić information content (AvgIpc) is 3.05. The summed E-state index contributed by atoms with van der Waals surface area (Å²) in [6.07, 6.45) is 2.03. The first kappa shape index (κ1) is 18.3. The molecule has 0 saturated carbocycles. The number of unbranched alkanes of at least 4 members (excludes halogenated alkanes) is 1. The van der Waals surface area contributed by atoms with Gasteiger partial charge in [-0.05, 0) is 61.3 Å². The van der Waals surface area contributed by atoms with Crippen LogP contribution in [0.2, 0.25) is 0 Å². The minimum Gasteiger partial charge on any atom is -0.494 e. The molecule has 1 heterocycles. The second kappa shape index (κ2) is 9.29. The minimum atomic E-state index is 0.188. The summed E-state index contributed by atoms with van der Waals surface area (Å²) in [6.45, 7) is 2.45. The van der Waals surface area contributed by atoms with E-state index in [1.807, 2.05) is 18.2 Å². The van der Waals surface area contributed by atoms with E-state index >= 15 is 0 Å². The van der Waals surface area contributed by atoms with Crippen molar-refractivity contribution < 1.29 is 9.84 Å². The van der Waals surface area contributed by atoms with Gasteiger partial charge in [-0.3, -0.25) is 0 Å². The molecule has 3 aromatic rings. The highest BCUT2D eigenvalue weighted by Gasteiger charge is 2.09. The van der Waals surface area contributed by atoms with Crippen LogP contribution in [0.15, 0.2) is 46.9 Å². The van der Waals surface area contributed by atoms with Gasteiger partial charge in [-0.1, -0.05) is 28.1 Å². The molecule has 132 valence electrons. The molecule has 25 heavy (non-hydrogen) atoms. The number of fused-ring (bicyclic) bond motifs is 1. The van der Waals surface area contributed by atoms with Crippen molar-refractivity contribution in [3.05, 3.63) is 46.9 Å². The number of aromatic nitrogens is 1. The van der Waals surface area contributed by atoms with Crippen LogP contribution in [0.25, 0.3) is 21.3 Å². The molecule has 0 amide bonds. The maximum atomic E-state index is 8.70. The van der Waals surface area contributed by atoms with Gasteiger partial charge in [0.15, 0.2) is 0 Å². The molecule has 3 rings (SSSR count). The normalized spacial score (nSPS) is 11.1. The van der Waals surface area contributed by atoms with E-state index in [0.29, 0.717) is 13.2 Å². The third-order valence-electron chi connectivity index (χ3n) is 3.87. The van der Waals surface area contributed by atoms with Gasteiger partial charge in [-0.25, -0.2) is 0 Å². The number of halogens is 1. The van der Waals surface area contributed by atoms with E-state index in [4.69, 9.17) is 9.84 Å². The molecule has 0 bridgehead atoms. The van der Waals surface area contributed by atoms with Crippen LogP contribution >= 0.6 is 27.5 Å². The van der Waals surface area contributed by atoms with E-state index in [0.717, 1.165) is 51.0 Å². The van der Waals surface area contributed by atoms with Crippen molar-refractivity contribution in [1.82, 2.24) is 9.69 Å².